The standard InChI is InChI=1S/C16H19NO4S2/c1-11-6-7-16(22-11)23(18,19)17-8-4-5-13-14(17)9-12(20-2)10-15(13)21-3/h6-7,9-10H,4-5,8H2,1-3H3. The summed E-state index contributed by atoms with van der Waals surface area (Å²) in [5.74, 6) is 1.26. The molecule has 23 heavy (non-hydrogen) atoms. The molecule has 0 atom stereocenters. The lowest BCUT2D eigenvalue weighted by Crippen LogP contribution is -2.35. The van der Waals surface area contributed by atoms with E-state index in [1.165, 1.54) is 15.6 Å². The van der Waals surface area contributed by atoms with Crippen LogP contribution in [0.2, 0.25) is 0 Å². The number of rotatable bonds is 4. The Morgan fingerprint density at radius 3 is 2.57 bits per heavy atom. The summed E-state index contributed by atoms with van der Waals surface area (Å²) in [4.78, 5) is 0.976. The molecule has 0 fully saturated rings. The minimum Gasteiger partial charge on any atom is -0.497 e. The van der Waals surface area contributed by atoms with Gasteiger partial charge in [0, 0.05) is 29.1 Å². The molecule has 1 aromatic heterocycles. The molecule has 5 nitrogen and oxygen atoms in total. The molecule has 3 rings (SSSR count). The van der Waals surface area contributed by atoms with Gasteiger partial charge < -0.3 is 9.47 Å². The summed E-state index contributed by atoms with van der Waals surface area (Å²) in [6, 6.07) is 7.06. The quantitative estimate of drug-likeness (QED) is 0.847. The fourth-order valence-corrected chi connectivity index (χ4v) is 5.73. The van der Waals surface area contributed by atoms with E-state index in [-0.39, 0.29) is 0 Å². The Bertz CT molecular complexity index is 827. The molecule has 0 saturated heterocycles. The number of fused-ring (bicyclic) bond motifs is 1. The van der Waals surface area contributed by atoms with Gasteiger partial charge in [-0.3, -0.25) is 4.31 Å². The van der Waals surface area contributed by atoms with Crippen LogP contribution in [0.25, 0.3) is 0 Å². The highest BCUT2D eigenvalue weighted by atomic mass is 32.2. The van der Waals surface area contributed by atoms with Gasteiger partial charge in [-0.15, -0.1) is 11.3 Å². The van der Waals surface area contributed by atoms with Gasteiger partial charge in [-0.05, 0) is 31.9 Å². The maximum Gasteiger partial charge on any atom is 0.273 e. The lowest BCUT2D eigenvalue weighted by Gasteiger charge is -2.31. The first kappa shape index (κ1) is 16.1. The monoisotopic (exact) mass is 353 g/mol. The SMILES string of the molecule is COc1cc(OC)c2c(c1)N(S(=O)(=O)c1ccc(C)s1)CCC2. The van der Waals surface area contributed by atoms with E-state index in [2.05, 4.69) is 0 Å². The molecule has 0 radical (unpaired) electrons. The topological polar surface area (TPSA) is 55.8 Å². The molecule has 2 aromatic rings. The second-order valence-corrected chi connectivity index (χ2v) is 8.75. The van der Waals surface area contributed by atoms with Crippen LogP contribution < -0.4 is 13.8 Å². The average molecular weight is 353 g/mol. The van der Waals surface area contributed by atoms with E-state index >= 15 is 0 Å². The van der Waals surface area contributed by atoms with E-state index in [9.17, 15) is 8.42 Å². The van der Waals surface area contributed by atoms with Gasteiger partial charge in [0.1, 0.15) is 15.7 Å². The molecule has 0 N–H and O–H groups in total. The molecule has 0 saturated carbocycles. The number of sulfonamides is 1. The number of anilines is 1. The van der Waals surface area contributed by atoms with Crippen molar-refractivity contribution in [2.24, 2.45) is 0 Å². The molecule has 1 aliphatic heterocycles. The third-order valence-corrected chi connectivity index (χ3v) is 7.21. The summed E-state index contributed by atoms with van der Waals surface area (Å²) in [5, 5.41) is 0. The van der Waals surface area contributed by atoms with E-state index < -0.39 is 10.0 Å². The second-order valence-electron chi connectivity index (χ2n) is 5.37. The van der Waals surface area contributed by atoms with Crippen molar-refractivity contribution in [1.82, 2.24) is 0 Å². The van der Waals surface area contributed by atoms with E-state index in [1.807, 2.05) is 13.0 Å². The van der Waals surface area contributed by atoms with Crippen molar-refractivity contribution in [3.8, 4) is 11.5 Å². The molecule has 0 bridgehead atoms. The largest absolute Gasteiger partial charge is 0.497 e. The molecule has 1 aliphatic rings. The third-order valence-electron chi connectivity index (χ3n) is 3.93. The van der Waals surface area contributed by atoms with Crippen LogP contribution in [0.3, 0.4) is 0 Å². The number of methoxy groups -OCH3 is 2. The Balaban J connectivity index is 2.14. The van der Waals surface area contributed by atoms with Crippen molar-refractivity contribution in [3.05, 3.63) is 34.7 Å². The van der Waals surface area contributed by atoms with Crippen LogP contribution in [-0.4, -0.2) is 29.2 Å². The van der Waals surface area contributed by atoms with Gasteiger partial charge in [-0.1, -0.05) is 0 Å². The molecule has 1 aromatic carbocycles. The summed E-state index contributed by atoms with van der Waals surface area (Å²) in [5.41, 5.74) is 1.56. The summed E-state index contributed by atoms with van der Waals surface area (Å²) in [7, 11) is -0.414. The van der Waals surface area contributed by atoms with Crippen molar-refractivity contribution >= 4 is 27.0 Å². The first-order valence-corrected chi connectivity index (χ1v) is 9.57. The Morgan fingerprint density at radius 1 is 1.17 bits per heavy atom. The number of nitrogens with zero attached hydrogens (tertiary/aromatic N) is 1. The molecular formula is C16H19NO4S2. The summed E-state index contributed by atoms with van der Waals surface area (Å²) in [6.45, 7) is 2.36. The summed E-state index contributed by atoms with van der Waals surface area (Å²) in [6.07, 6.45) is 1.55. The molecule has 2 heterocycles. The smallest absolute Gasteiger partial charge is 0.273 e. The van der Waals surface area contributed by atoms with Gasteiger partial charge in [0.25, 0.3) is 10.0 Å². The van der Waals surface area contributed by atoms with E-state index in [0.29, 0.717) is 27.9 Å². The maximum atomic E-state index is 13.0. The molecule has 124 valence electrons. The normalized spacial score (nSPS) is 14.5. The Labute approximate surface area is 140 Å². The van der Waals surface area contributed by atoms with Crippen molar-refractivity contribution in [2.45, 2.75) is 24.0 Å². The minimum atomic E-state index is -3.56. The molecular weight excluding hydrogens is 334 g/mol. The van der Waals surface area contributed by atoms with Crippen LogP contribution in [0.1, 0.15) is 16.9 Å². The van der Waals surface area contributed by atoms with Crippen molar-refractivity contribution in [3.63, 3.8) is 0 Å². The Kier molecular flexibility index (Phi) is 4.25. The minimum absolute atomic E-state index is 0.365. The predicted octanol–water partition coefficient (Wildman–Crippen LogP) is 3.22. The molecule has 7 heteroatoms. The number of thiophene rings is 1. The highest BCUT2D eigenvalue weighted by Gasteiger charge is 2.32. The first-order valence-electron chi connectivity index (χ1n) is 7.31. The lowest BCUT2D eigenvalue weighted by molar-refractivity contribution is 0.390. The zero-order valence-electron chi connectivity index (χ0n) is 13.3. The molecule has 0 spiro atoms. The predicted molar refractivity (Wildman–Crippen MR) is 91.5 cm³/mol. The van der Waals surface area contributed by atoms with Crippen LogP contribution in [0.4, 0.5) is 5.69 Å². The van der Waals surface area contributed by atoms with Gasteiger partial charge in [-0.2, -0.15) is 0 Å². The van der Waals surface area contributed by atoms with Crippen molar-refractivity contribution in [2.75, 3.05) is 25.1 Å². The summed E-state index contributed by atoms with van der Waals surface area (Å²) < 4.78 is 38.6. The Morgan fingerprint density at radius 2 is 1.96 bits per heavy atom. The van der Waals surface area contributed by atoms with Crippen LogP contribution in [0.15, 0.2) is 28.5 Å². The number of benzene rings is 1. The van der Waals surface area contributed by atoms with Gasteiger partial charge >= 0.3 is 0 Å². The molecule has 0 aliphatic carbocycles. The third kappa shape index (κ3) is 2.79. The van der Waals surface area contributed by atoms with Crippen LogP contribution in [0, 0.1) is 6.92 Å². The number of hydrogen-bond donors (Lipinski definition) is 0. The van der Waals surface area contributed by atoms with Gasteiger partial charge in [-0.25, -0.2) is 8.42 Å². The van der Waals surface area contributed by atoms with E-state index in [0.717, 1.165) is 23.3 Å². The lowest BCUT2D eigenvalue weighted by atomic mass is 10.0. The maximum absolute atomic E-state index is 13.0. The fourth-order valence-electron chi connectivity index (χ4n) is 2.81. The molecule has 0 amide bonds. The van der Waals surface area contributed by atoms with Crippen LogP contribution >= 0.6 is 11.3 Å². The van der Waals surface area contributed by atoms with E-state index in [1.54, 1.807) is 32.4 Å². The molecule has 0 unspecified atom stereocenters. The van der Waals surface area contributed by atoms with Gasteiger partial charge in [0.05, 0.1) is 19.9 Å². The van der Waals surface area contributed by atoms with Crippen molar-refractivity contribution in [1.29, 1.82) is 0 Å². The number of aryl methyl sites for hydroxylation is 1. The van der Waals surface area contributed by atoms with E-state index in [4.69, 9.17) is 9.47 Å². The average Bonchev–Trinajstić information content (AvgIpc) is 3.00. The number of ether oxygens (including phenoxy) is 2. The van der Waals surface area contributed by atoms with Gasteiger partial charge in [0.15, 0.2) is 0 Å². The summed E-state index contributed by atoms with van der Waals surface area (Å²) >= 11 is 1.29. The van der Waals surface area contributed by atoms with Crippen LogP contribution in [0.5, 0.6) is 11.5 Å². The zero-order valence-corrected chi connectivity index (χ0v) is 15.0. The second kappa shape index (κ2) is 6.05. The van der Waals surface area contributed by atoms with Gasteiger partial charge in [0.2, 0.25) is 0 Å². The van der Waals surface area contributed by atoms with Crippen LogP contribution in [-0.2, 0) is 16.4 Å². The zero-order chi connectivity index (χ0) is 16.6. The fraction of sp³-hybridized carbons (Fsp3) is 0.375. The van der Waals surface area contributed by atoms with Crippen molar-refractivity contribution < 1.29 is 17.9 Å². The highest BCUT2D eigenvalue weighted by Crippen LogP contribution is 2.41. The number of hydrogen-bond acceptors (Lipinski definition) is 5. The Hall–Kier alpha value is -1.73. The first-order chi connectivity index (χ1) is 11.0. The highest BCUT2D eigenvalue weighted by molar-refractivity contribution is 7.94.